The Morgan fingerprint density at radius 2 is 2.06 bits per heavy atom. The average molecular weight is 224 g/mol. The molecule has 0 saturated carbocycles. The number of nitrogens with zero attached hydrogens (tertiary/aromatic N) is 1. The van der Waals surface area contributed by atoms with Crippen LogP contribution in [0.25, 0.3) is 22.4 Å². The van der Waals surface area contributed by atoms with Crippen molar-refractivity contribution in [3.05, 3.63) is 41.3 Å². The Kier molecular flexibility index (Phi) is 1.92. The summed E-state index contributed by atoms with van der Waals surface area (Å²) in [6, 6.07) is 9.19. The third-order valence-corrected chi connectivity index (χ3v) is 2.89. The van der Waals surface area contributed by atoms with Gasteiger partial charge >= 0.3 is 0 Å². The van der Waals surface area contributed by atoms with Crippen LogP contribution in [0.5, 0.6) is 0 Å². The van der Waals surface area contributed by atoms with Gasteiger partial charge < -0.3 is 16.1 Å². The first-order valence-corrected chi connectivity index (χ1v) is 5.38. The van der Waals surface area contributed by atoms with E-state index in [4.69, 9.17) is 11.1 Å². The molecule has 4 N–H and O–H groups in total. The second kappa shape index (κ2) is 3.31. The second-order valence-electron chi connectivity index (χ2n) is 4.19. The van der Waals surface area contributed by atoms with Gasteiger partial charge in [0.05, 0.1) is 27.8 Å². The molecule has 1 aliphatic carbocycles. The van der Waals surface area contributed by atoms with Crippen LogP contribution in [0.15, 0.2) is 30.3 Å². The topological polar surface area (TPSA) is 78.5 Å². The van der Waals surface area contributed by atoms with Gasteiger partial charge in [-0.2, -0.15) is 0 Å². The Balaban J connectivity index is 2.45. The zero-order valence-electron chi connectivity index (χ0n) is 9.41. The summed E-state index contributed by atoms with van der Waals surface area (Å²) in [5, 5.41) is 8.06. The molecule has 0 fully saturated rings. The van der Waals surface area contributed by atoms with Gasteiger partial charge in [0.15, 0.2) is 0 Å². The number of aromatic nitrogens is 2. The molecule has 4 nitrogen and oxygen atoms in total. The number of anilines is 1. The summed E-state index contributed by atoms with van der Waals surface area (Å²) < 4.78 is 0. The van der Waals surface area contributed by atoms with Gasteiger partial charge in [-0.15, -0.1) is 0 Å². The molecule has 0 aromatic heterocycles. The molecule has 1 aromatic carbocycles. The van der Waals surface area contributed by atoms with Crippen LogP contribution in [-0.4, -0.2) is 9.97 Å². The van der Waals surface area contributed by atoms with E-state index in [1.165, 1.54) is 0 Å². The minimum Gasteiger partial charge on any atom is -0.398 e. The van der Waals surface area contributed by atoms with Gasteiger partial charge in [0.2, 0.25) is 0 Å². The zero-order valence-corrected chi connectivity index (χ0v) is 9.41. The fourth-order valence-corrected chi connectivity index (χ4v) is 1.91. The lowest BCUT2D eigenvalue weighted by Gasteiger charge is -2.09. The van der Waals surface area contributed by atoms with Crippen molar-refractivity contribution in [2.24, 2.45) is 0 Å². The highest BCUT2D eigenvalue weighted by Gasteiger charge is 2.06. The number of hydrogen-bond donors (Lipinski definition) is 3. The SMILES string of the molecule is Cc1cc2nc3ccc(=N)cc-3[nH]c2cc1N. The van der Waals surface area contributed by atoms with Crippen LogP contribution in [0.3, 0.4) is 0 Å². The largest absolute Gasteiger partial charge is 0.398 e. The van der Waals surface area contributed by atoms with Crippen molar-refractivity contribution >= 4 is 16.7 Å². The summed E-state index contributed by atoms with van der Waals surface area (Å²) in [4.78, 5) is 7.81. The molecule has 17 heavy (non-hydrogen) atoms. The van der Waals surface area contributed by atoms with Gasteiger partial charge in [-0.05, 0) is 42.8 Å². The summed E-state index contributed by atoms with van der Waals surface area (Å²) in [5.41, 5.74) is 11.1. The highest BCUT2D eigenvalue weighted by Crippen LogP contribution is 2.23. The summed E-state index contributed by atoms with van der Waals surface area (Å²) in [7, 11) is 0. The first-order valence-electron chi connectivity index (χ1n) is 5.38. The van der Waals surface area contributed by atoms with E-state index in [2.05, 4.69) is 9.97 Å². The monoisotopic (exact) mass is 224 g/mol. The minimum absolute atomic E-state index is 0.468. The second-order valence-corrected chi connectivity index (χ2v) is 4.19. The highest BCUT2D eigenvalue weighted by molar-refractivity contribution is 5.83. The number of rotatable bonds is 0. The molecule has 0 radical (unpaired) electrons. The van der Waals surface area contributed by atoms with Gasteiger partial charge in [0.1, 0.15) is 0 Å². The minimum atomic E-state index is 0.468. The quantitative estimate of drug-likeness (QED) is 0.403. The lowest BCUT2D eigenvalue weighted by Crippen LogP contribution is -2.02. The fourth-order valence-electron chi connectivity index (χ4n) is 1.91. The predicted molar refractivity (Wildman–Crippen MR) is 67.7 cm³/mol. The molecule has 0 amide bonds. The molecular weight excluding hydrogens is 212 g/mol. The highest BCUT2D eigenvalue weighted by atomic mass is 14.8. The summed E-state index contributed by atoms with van der Waals surface area (Å²) >= 11 is 0. The first-order chi connectivity index (χ1) is 8.13. The summed E-state index contributed by atoms with van der Waals surface area (Å²) in [5.74, 6) is 0. The number of nitrogens with one attached hydrogen (secondary N) is 2. The molecule has 0 saturated heterocycles. The number of benzene rings is 2. The van der Waals surface area contributed by atoms with Gasteiger partial charge in [-0.3, -0.25) is 0 Å². The summed E-state index contributed by atoms with van der Waals surface area (Å²) in [6.45, 7) is 1.97. The number of aryl methyl sites for hydroxylation is 1. The maximum absolute atomic E-state index is 7.59. The van der Waals surface area contributed by atoms with Gasteiger partial charge in [-0.25, -0.2) is 4.98 Å². The average Bonchev–Trinajstić information content (AvgIpc) is 2.28. The molecular formula is C13H12N4. The van der Waals surface area contributed by atoms with Crippen LogP contribution < -0.4 is 11.1 Å². The summed E-state index contributed by atoms with van der Waals surface area (Å²) in [6.07, 6.45) is 0. The smallest absolute Gasteiger partial charge is 0.0876 e. The van der Waals surface area contributed by atoms with Gasteiger partial charge in [0, 0.05) is 5.69 Å². The molecule has 1 aliphatic heterocycles. The van der Waals surface area contributed by atoms with Crippen molar-refractivity contribution in [2.45, 2.75) is 6.92 Å². The Bertz CT molecular complexity index is 742. The normalized spacial score (nSPS) is 11.1. The Morgan fingerprint density at radius 3 is 2.88 bits per heavy atom. The van der Waals surface area contributed by atoms with E-state index in [1.807, 2.05) is 25.1 Å². The molecule has 0 bridgehead atoms. The van der Waals surface area contributed by atoms with Gasteiger partial charge in [0.25, 0.3) is 0 Å². The zero-order chi connectivity index (χ0) is 12.0. The van der Waals surface area contributed by atoms with Gasteiger partial charge in [-0.1, -0.05) is 0 Å². The van der Waals surface area contributed by atoms with Crippen molar-refractivity contribution in [1.29, 1.82) is 5.41 Å². The first kappa shape index (κ1) is 9.84. The maximum atomic E-state index is 7.59. The van der Waals surface area contributed by atoms with Crippen molar-refractivity contribution in [2.75, 3.05) is 5.73 Å². The fraction of sp³-hybridized carbons (Fsp3) is 0.0769. The number of nitrogen functional groups attached to an aromatic ring is 1. The molecule has 1 aromatic rings. The number of fused-ring (bicyclic) bond motifs is 2. The lowest BCUT2D eigenvalue weighted by atomic mass is 10.1. The van der Waals surface area contributed by atoms with E-state index in [-0.39, 0.29) is 0 Å². The molecule has 2 aliphatic rings. The van der Waals surface area contributed by atoms with Crippen LogP contribution in [0.1, 0.15) is 5.56 Å². The standard InChI is InChI=1S/C13H12N4/c1-7-4-11-13(6-9(7)15)17-12-5-8(14)2-3-10(12)16-11/h2-6,14,17H,15H2,1H3. The molecule has 0 atom stereocenters. The molecule has 4 heteroatoms. The Labute approximate surface area is 98.0 Å². The lowest BCUT2D eigenvalue weighted by molar-refractivity contribution is 1.21. The third kappa shape index (κ3) is 1.54. The van der Waals surface area contributed by atoms with Crippen LogP contribution in [-0.2, 0) is 0 Å². The molecule has 0 spiro atoms. The predicted octanol–water partition coefficient (Wildman–Crippen LogP) is 2.04. The Hall–Kier alpha value is -2.36. The molecule has 84 valence electrons. The van der Waals surface area contributed by atoms with E-state index in [0.717, 1.165) is 33.7 Å². The number of H-pyrrole nitrogens is 1. The van der Waals surface area contributed by atoms with E-state index in [9.17, 15) is 0 Å². The van der Waals surface area contributed by atoms with Crippen molar-refractivity contribution in [3.8, 4) is 11.4 Å². The molecule has 0 unspecified atom stereocenters. The van der Waals surface area contributed by atoms with Crippen molar-refractivity contribution < 1.29 is 0 Å². The van der Waals surface area contributed by atoms with Crippen molar-refractivity contribution in [1.82, 2.24) is 9.97 Å². The van der Waals surface area contributed by atoms with Crippen molar-refractivity contribution in [3.63, 3.8) is 0 Å². The van der Waals surface area contributed by atoms with Crippen LogP contribution in [0, 0.1) is 12.3 Å². The number of aromatic amines is 1. The van der Waals surface area contributed by atoms with Crippen LogP contribution >= 0.6 is 0 Å². The van der Waals surface area contributed by atoms with Crippen LogP contribution in [0.4, 0.5) is 5.69 Å². The third-order valence-electron chi connectivity index (χ3n) is 2.89. The number of hydrogen-bond acceptors (Lipinski definition) is 3. The Morgan fingerprint density at radius 1 is 1.24 bits per heavy atom. The van der Waals surface area contributed by atoms with E-state index < -0.39 is 0 Å². The number of nitrogens with two attached hydrogens (primary N) is 1. The van der Waals surface area contributed by atoms with E-state index in [1.54, 1.807) is 12.1 Å². The van der Waals surface area contributed by atoms with E-state index in [0.29, 0.717) is 5.36 Å². The molecule has 3 rings (SSSR count). The maximum Gasteiger partial charge on any atom is 0.0876 e. The van der Waals surface area contributed by atoms with E-state index >= 15 is 0 Å². The molecule has 1 heterocycles. The van der Waals surface area contributed by atoms with Crippen LogP contribution in [0.2, 0.25) is 0 Å².